The summed E-state index contributed by atoms with van der Waals surface area (Å²) in [4.78, 5) is 27.7. The Morgan fingerprint density at radius 2 is 1.82 bits per heavy atom. The van der Waals surface area contributed by atoms with Crippen LogP contribution in [0.25, 0.3) is 11.3 Å². The molecule has 4 nitrogen and oxygen atoms in total. The van der Waals surface area contributed by atoms with Gasteiger partial charge in [-0.1, -0.05) is 54.1 Å². The van der Waals surface area contributed by atoms with E-state index in [-0.39, 0.29) is 11.7 Å². The van der Waals surface area contributed by atoms with Crippen LogP contribution < -0.4 is 0 Å². The van der Waals surface area contributed by atoms with Crippen molar-refractivity contribution in [1.29, 1.82) is 0 Å². The molecule has 3 aromatic rings. The molecule has 2 aliphatic carbocycles. The first kappa shape index (κ1) is 21.7. The van der Waals surface area contributed by atoms with Crippen molar-refractivity contribution in [3.8, 4) is 11.3 Å². The van der Waals surface area contributed by atoms with Crippen LogP contribution in [0.2, 0.25) is 0 Å². The van der Waals surface area contributed by atoms with Gasteiger partial charge in [0.15, 0.2) is 5.78 Å². The second-order valence-electron chi connectivity index (χ2n) is 10.4. The van der Waals surface area contributed by atoms with Crippen LogP contribution >= 0.6 is 0 Å². The van der Waals surface area contributed by atoms with E-state index in [1.165, 1.54) is 5.56 Å². The lowest BCUT2D eigenvalue weighted by Crippen LogP contribution is -2.47. The van der Waals surface area contributed by atoms with Gasteiger partial charge in [-0.15, -0.1) is 0 Å². The first-order valence-electron chi connectivity index (χ1n) is 11.7. The molecule has 0 fully saturated rings. The number of benzene rings is 2. The summed E-state index contributed by atoms with van der Waals surface area (Å²) < 4.78 is 12.2. The zero-order chi connectivity index (χ0) is 23.4. The summed E-state index contributed by atoms with van der Waals surface area (Å²) in [5.41, 5.74) is 2.78. The van der Waals surface area contributed by atoms with E-state index in [1.54, 1.807) is 0 Å². The molecule has 1 aromatic heterocycles. The van der Waals surface area contributed by atoms with E-state index in [2.05, 4.69) is 31.2 Å². The van der Waals surface area contributed by atoms with Gasteiger partial charge in [0.1, 0.15) is 22.5 Å². The lowest BCUT2D eigenvalue weighted by Gasteiger charge is -2.38. The van der Waals surface area contributed by atoms with Gasteiger partial charge in [-0.3, -0.25) is 9.59 Å². The van der Waals surface area contributed by atoms with Crippen LogP contribution in [-0.4, -0.2) is 17.4 Å². The maximum atomic E-state index is 13.9. The first-order valence-corrected chi connectivity index (χ1v) is 11.7. The molecule has 0 radical (unpaired) electrons. The Labute approximate surface area is 195 Å². The highest BCUT2D eigenvalue weighted by molar-refractivity contribution is 6.17. The van der Waals surface area contributed by atoms with Crippen molar-refractivity contribution in [2.24, 2.45) is 5.41 Å². The van der Waals surface area contributed by atoms with Crippen molar-refractivity contribution >= 4 is 11.8 Å². The molecule has 0 saturated heterocycles. The smallest absolute Gasteiger partial charge is 0.321 e. The third-order valence-electron chi connectivity index (χ3n) is 6.94. The summed E-state index contributed by atoms with van der Waals surface area (Å²) in [6.07, 6.45) is 2.79. The molecular weight excluding hydrogens is 412 g/mol. The van der Waals surface area contributed by atoms with Crippen molar-refractivity contribution < 1.29 is 18.7 Å². The fourth-order valence-corrected chi connectivity index (χ4v) is 5.40. The minimum Gasteiger partial charge on any atom is -0.461 e. The van der Waals surface area contributed by atoms with Gasteiger partial charge in [0, 0.05) is 23.5 Å². The number of hydrogen-bond acceptors (Lipinski definition) is 4. The summed E-state index contributed by atoms with van der Waals surface area (Å²) in [6, 6.07) is 17.9. The second kappa shape index (κ2) is 7.72. The molecule has 0 amide bonds. The van der Waals surface area contributed by atoms with Gasteiger partial charge in [-0.05, 0) is 64.2 Å². The number of Topliss-reactive ketones (excluding diaryl/α,β-unsaturated/α-hetero) is 1. The predicted octanol–water partition coefficient (Wildman–Crippen LogP) is 6.44. The Hall–Kier alpha value is -3.14. The van der Waals surface area contributed by atoms with Crippen LogP contribution in [0.4, 0.5) is 0 Å². The van der Waals surface area contributed by atoms with Crippen molar-refractivity contribution in [2.45, 2.75) is 64.9 Å². The molecule has 0 bridgehead atoms. The van der Waals surface area contributed by atoms with E-state index in [9.17, 15) is 9.59 Å². The molecule has 4 heteroatoms. The molecular formula is C29H30O4. The number of ketones is 1. The van der Waals surface area contributed by atoms with Crippen molar-refractivity contribution in [3.05, 3.63) is 82.6 Å². The summed E-state index contributed by atoms with van der Waals surface area (Å²) in [6.45, 7) is 7.61. The Kier molecular flexibility index (Phi) is 5.08. The molecule has 2 aliphatic rings. The molecule has 5 rings (SSSR count). The average Bonchev–Trinajstić information content (AvgIpc) is 3.33. The number of carbonyl (C=O) groups is 2. The van der Waals surface area contributed by atoms with Gasteiger partial charge >= 0.3 is 5.97 Å². The number of aryl methyl sites for hydroxylation is 2. The highest BCUT2D eigenvalue weighted by atomic mass is 16.6. The van der Waals surface area contributed by atoms with Gasteiger partial charge in [0.25, 0.3) is 0 Å². The Balaban J connectivity index is 1.63. The molecule has 2 aromatic carbocycles. The molecule has 0 saturated carbocycles. The van der Waals surface area contributed by atoms with E-state index in [4.69, 9.17) is 9.15 Å². The third kappa shape index (κ3) is 3.62. The molecule has 0 aliphatic heterocycles. The Morgan fingerprint density at radius 1 is 1.09 bits per heavy atom. The number of furan rings is 1. The molecule has 1 heterocycles. The largest absolute Gasteiger partial charge is 0.461 e. The van der Waals surface area contributed by atoms with Gasteiger partial charge in [0.05, 0.1) is 0 Å². The number of fused-ring (bicyclic) bond motifs is 2. The van der Waals surface area contributed by atoms with Crippen LogP contribution in [0.5, 0.6) is 0 Å². The Morgan fingerprint density at radius 3 is 2.52 bits per heavy atom. The van der Waals surface area contributed by atoms with Crippen LogP contribution in [-0.2, 0) is 22.4 Å². The molecule has 170 valence electrons. The van der Waals surface area contributed by atoms with Crippen molar-refractivity contribution in [3.63, 3.8) is 0 Å². The molecule has 2 atom stereocenters. The summed E-state index contributed by atoms with van der Waals surface area (Å²) in [5, 5.41) is 0. The number of rotatable bonds is 3. The van der Waals surface area contributed by atoms with Crippen molar-refractivity contribution in [2.75, 3.05) is 0 Å². The third-order valence-corrected chi connectivity index (χ3v) is 6.94. The van der Waals surface area contributed by atoms with E-state index < -0.39 is 17.0 Å². The minimum absolute atomic E-state index is 0.122. The van der Waals surface area contributed by atoms with Crippen molar-refractivity contribution in [1.82, 2.24) is 0 Å². The molecule has 33 heavy (non-hydrogen) atoms. The number of ether oxygens (including phenoxy) is 1. The van der Waals surface area contributed by atoms with Crippen LogP contribution in [0.15, 0.2) is 59.0 Å². The predicted molar refractivity (Wildman–Crippen MR) is 127 cm³/mol. The van der Waals surface area contributed by atoms with Gasteiger partial charge in [0.2, 0.25) is 0 Å². The van der Waals surface area contributed by atoms with E-state index in [1.807, 2.05) is 51.1 Å². The standard InChI is InChI=1S/C29H30O4/c1-18-12-14-19(15-13-18)25-16-22-23(10-7-11-24(22)32-25)29(27(31)33-28(2,3)4)17-20-8-5-6-9-21(20)26(29)30/h5-6,8-9,12-16,23H,7,10-11,17H2,1-4H3/t23-,29-/m1/s1. The van der Waals surface area contributed by atoms with Gasteiger partial charge in [-0.2, -0.15) is 0 Å². The maximum Gasteiger partial charge on any atom is 0.321 e. The number of hydrogen-bond donors (Lipinski definition) is 0. The van der Waals surface area contributed by atoms with Crippen LogP contribution in [0.3, 0.4) is 0 Å². The topological polar surface area (TPSA) is 56.5 Å². The Bertz CT molecular complexity index is 1230. The summed E-state index contributed by atoms with van der Waals surface area (Å²) >= 11 is 0. The molecule has 0 spiro atoms. The first-order chi connectivity index (χ1) is 15.7. The molecule has 0 N–H and O–H groups in total. The monoisotopic (exact) mass is 442 g/mol. The second-order valence-corrected chi connectivity index (χ2v) is 10.4. The zero-order valence-corrected chi connectivity index (χ0v) is 19.7. The summed E-state index contributed by atoms with van der Waals surface area (Å²) in [7, 11) is 0. The number of esters is 1. The fourth-order valence-electron chi connectivity index (χ4n) is 5.40. The average molecular weight is 443 g/mol. The normalized spacial score (nSPS) is 22.1. The highest BCUT2D eigenvalue weighted by Crippen LogP contribution is 2.53. The summed E-state index contributed by atoms with van der Waals surface area (Å²) in [5.74, 6) is 0.845. The van der Waals surface area contributed by atoms with Gasteiger partial charge in [-0.25, -0.2) is 0 Å². The highest BCUT2D eigenvalue weighted by Gasteiger charge is 2.59. The minimum atomic E-state index is -1.26. The van der Waals surface area contributed by atoms with E-state index >= 15 is 0 Å². The fraction of sp³-hybridized carbons (Fsp3) is 0.379. The maximum absolute atomic E-state index is 13.9. The van der Waals surface area contributed by atoms with E-state index in [0.29, 0.717) is 12.0 Å². The number of carbonyl (C=O) groups excluding carboxylic acids is 2. The van der Waals surface area contributed by atoms with Gasteiger partial charge < -0.3 is 9.15 Å². The van der Waals surface area contributed by atoms with Crippen LogP contribution in [0, 0.1) is 12.3 Å². The van der Waals surface area contributed by atoms with E-state index in [0.717, 1.165) is 47.5 Å². The quantitative estimate of drug-likeness (QED) is 0.346. The SMILES string of the molecule is Cc1ccc(-c2cc3c(o2)CCC[C@H]3[C@]2(C(=O)OC(C)(C)C)Cc3ccccc3C2=O)cc1. The zero-order valence-electron chi connectivity index (χ0n) is 19.7. The molecule has 0 unspecified atom stereocenters. The van der Waals surface area contributed by atoms with Crippen LogP contribution in [0.1, 0.15) is 72.3 Å². The lowest BCUT2D eigenvalue weighted by atomic mass is 9.65. The lowest BCUT2D eigenvalue weighted by molar-refractivity contribution is -0.165.